The predicted molar refractivity (Wildman–Crippen MR) is 369 cm³/mol. The van der Waals surface area contributed by atoms with Crippen LogP contribution < -0.4 is 21.3 Å². The van der Waals surface area contributed by atoms with Crippen molar-refractivity contribution in [3.63, 3.8) is 0 Å². The van der Waals surface area contributed by atoms with Crippen molar-refractivity contribution in [2.24, 2.45) is 41.4 Å². The van der Waals surface area contributed by atoms with Gasteiger partial charge in [-0.15, -0.1) is 0 Å². The van der Waals surface area contributed by atoms with E-state index in [0.717, 1.165) is 9.80 Å². The molecule has 2 rings (SSSR count). The monoisotopic (exact) mass is 1350 g/mol. The number of hydrogen-bond donors (Lipinski definition) is 5. The Balaban J connectivity index is 3.18. The van der Waals surface area contributed by atoms with Crippen LogP contribution in [0, 0.1) is 41.4 Å². The highest BCUT2D eigenvalue weighted by atomic mass is 16.5. The second-order valence-electron chi connectivity index (χ2n) is 28.7. The minimum atomic E-state index is -1.68. The lowest BCUT2D eigenvalue weighted by Gasteiger charge is -2.41. The molecule has 0 bridgehead atoms. The molecule has 1 aromatic rings. The number of benzene rings is 1. The molecule has 5 N–H and O–H groups in total. The largest absolute Gasteiger partial charge is 0.465 e. The molecule has 25 nitrogen and oxygen atoms in total. The number of carbonyl (C=O) groups excluding carboxylic acids is 12. The molecule has 1 fully saturated rings. The van der Waals surface area contributed by atoms with E-state index in [1.807, 2.05) is 55.4 Å². The average molecular weight is 1350 g/mol. The van der Waals surface area contributed by atoms with E-state index in [0.29, 0.717) is 5.56 Å². The Bertz CT molecular complexity index is 2860. The number of nitrogens with zero attached hydrogens (tertiary/aromatic N) is 7. The summed E-state index contributed by atoms with van der Waals surface area (Å²) < 4.78 is 4.92. The fourth-order valence-electron chi connectivity index (χ4n) is 12.1. The molecule has 542 valence electrons. The van der Waals surface area contributed by atoms with Crippen molar-refractivity contribution < 1.29 is 67.4 Å². The SMILES string of the molecule is C/C=C/C[C@@H](C)[C@@H](O)[C@H]1C(=O)N[C@@H](CC)C(=O)N(C)C(Cc2ccc(C(=O)OC)cc2)C(=O)N(C)[C@@H](CC(C)C)C(=O)N[C@@H](C(C)C)C(=O)N(C)[C@@H](CC(C)C)C(=O)N[C@@H](C)C(=O)N[C@H](C)C(=O)N(C)[C@@H](CC(C)C)C(=O)N(C)[C@@H](CC(C)C)C(=O)N(C)[C@@H](C(C)C)C(=O)N1C. The number of amides is 11. The fourth-order valence-corrected chi connectivity index (χ4v) is 12.1. The summed E-state index contributed by atoms with van der Waals surface area (Å²) in [6.07, 6.45) is 2.50. The second-order valence-corrected chi connectivity index (χ2v) is 28.7. The van der Waals surface area contributed by atoms with Gasteiger partial charge in [0.1, 0.15) is 66.5 Å². The van der Waals surface area contributed by atoms with Crippen molar-refractivity contribution in [1.29, 1.82) is 0 Å². The first-order chi connectivity index (χ1) is 44.5. The van der Waals surface area contributed by atoms with Gasteiger partial charge >= 0.3 is 5.97 Å². The van der Waals surface area contributed by atoms with Gasteiger partial charge in [-0.25, -0.2) is 4.79 Å². The van der Waals surface area contributed by atoms with E-state index in [4.69, 9.17) is 4.74 Å². The molecule has 1 aliphatic heterocycles. The zero-order valence-electron chi connectivity index (χ0n) is 62.3. The molecule has 25 heteroatoms. The zero-order valence-corrected chi connectivity index (χ0v) is 62.3. The normalized spacial score (nSPS) is 25.9. The predicted octanol–water partition coefficient (Wildman–Crippen LogP) is 4.67. The van der Waals surface area contributed by atoms with E-state index in [1.54, 1.807) is 72.8 Å². The Morgan fingerprint density at radius 1 is 0.479 bits per heavy atom. The van der Waals surface area contributed by atoms with Gasteiger partial charge < -0.3 is 65.4 Å². The zero-order chi connectivity index (χ0) is 73.8. The van der Waals surface area contributed by atoms with Gasteiger partial charge in [-0.1, -0.05) is 121 Å². The highest BCUT2D eigenvalue weighted by Crippen LogP contribution is 2.27. The molecule has 0 aromatic heterocycles. The molecular formula is C71H119N11O14. The number of likely N-dealkylation sites (N-methyl/N-ethyl adjacent to an activating group) is 7. The Kier molecular flexibility index (Phi) is 33.9. The van der Waals surface area contributed by atoms with Crippen LogP contribution in [0.3, 0.4) is 0 Å². The molecule has 11 amide bonds. The number of carbonyl (C=O) groups is 12. The fraction of sp³-hybridized carbons (Fsp3) is 0.718. The summed E-state index contributed by atoms with van der Waals surface area (Å²) in [7, 11) is 11.1. The molecule has 0 spiro atoms. The van der Waals surface area contributed by atoms with Crippen LogP contribution in [0.15, 0.2) is 36.4 Å². The summed E-state index contributed by atoms with van der Waals surface area (Å²) in [6.45, 7) is 29.7. The maximum absolute atomic E-state index is 15.5. The molecule has 13 atom stereocenters. The maximum Gasteiger partial charge on any atom is 0.337 e. The van der Waals surface area contributed by atoms with E-state index in [-0.39, 0.29) is 74.2 Å². The summed E-state index contributed by atoms with van der Waals surface area (Å²) in [5, 5.41) is 23.4. The summed E-state index contributed by atoms with van der Waals surface area (Å²) in [5.74, 6) is -11.1. The molecule has 1 aliphatic rings. The molecule has 1 heterocycles. The third kappa shape index (κ3) is 22.8. The number of ether oxygens (including phenoxy) is 1. The van der Waals surface area contributed by atoms with Crippen LogP contribution in [-0.4, -0.2) is 239 Å². The molecule has 96 heavy (non-hydrogen) atoms. The van der Waals surface area contributed by atoms with Crippen molar-refractivity contribution >= 4 is 70.9 Å². The summed E-state index contributed by atoms with van der Waals surface area (Å²) in [6, 6.07) is -8.18. The lowest BCUT2D eigenvalue weighted by Crippen LogP contribution is -2.64. The lowest BCUT2D eigenvalue weighted by atomic mass is 9.91. The van der Waals surface area contributed by atoms with Crippen molar-refractivity contribution in [3.05, 3.63) is 47.5 Å². The number of hydrogen-bond acceptors (Lipinski definition) is 14. The van der Waals surface area contributed by atoms with E-state index in [1.165, 1.54) is 107 Å². The smallest absolute Gasteiger partial charge is 0.337 e. The number of aliphatic hydroxyl groups is 1. The minimum absolute atomic E-state index is 0.0599. The first kappa shape index (κ1) is 84.6. The first-order valence-corrected chi connectivity index (χ1v) is 34.1. The molecular weight excluding hydrogens is 1230 g/mol. The minimum Gasteiger partial charge on any atom is -0.465 e. The molecule has 1 unspecified atom stereocenters. The lowest BCUT2D eigenvalue weighted by molar-refractivity contribution is -0.157. The standard InChI is InChI=1S/C71H119N11O14/c1-26-28-29-45(15)59(83)58-63(87)74-50(27-2)65(89)79(21)55(38-48-30-32-49(33-31-48)71(95)96-25)67(91)76(18)52(35-40(5)6)62(86)75-56(43(11)12)69(93)77(19)51(34-39(3)4)61(85)72-46(16)60(84)73-47(17)64(88)78(20)53(36-41(7)8)66(90)80(22)54(37-42(9)10)68(92)81(23)57(44(13)14)70(94)82(58)24/h26,28,30-33,39-47,50-59,83H,27,29,34-38H2,1-25H3,(H,72,85)(H,73,84)(H,74,87)(H,75,86)/b28-26+/t45-,46+,47-,50+,51+,52+,53+,54+,55?,56+,57+,58+,59-/m1/s1. The van der Waals surface area contributed by atoms with Crippen molar-refractivity contribution in [1.82, 2.24) is 55.6 Å². The topological polar surface area (TPSA) is 305 Å². The van der Waals surface area contributed by atoms with E-state index < -0.39 is 161 Å². The number of rotatable bonds is 18. The molecule has 0 radical (unpaired) electrons. The first-order valence-electron chi connectivity index (χ1n) is 34.1. The van der Waals surface area contributed by atoms with Gasteiger partial charge in [0.15, 0.2) is 0 Å². The Hall–Kier alpha value is -7.44. The van der Waals surface area contributed by atoms with Gasteiger partial charge in [0.2, 0.25) is 65.0 Å². The third-order valence-electron chi connectivity index (χ3n) is 18.2. The van der Waals surface area contributed by atoms with E-state index >= 15 is 33.6 Å². The van der Waals surface area contributed by atoms with Gasteiger partial charge in [0.25, 0.3) is 0 Å². The summed E-state index contributed by atoms with van der Waals surface area (Å²) in [5.41, 5.74) is 0.697. The van der Waals surface area contributed by atoms with Crippen LogP contribution in [0.5, 0.6) is 0 Å². The number of aliphatic hydroxyl groups excluding tert-OH is 1. The van der Waals surface area contributed by atoms with Crippen LogP contribution in [0.25, 0.3) is 0 Å². The van der Waals surface area contributed by atoms with Gasteiger partial charge in [-0.2, -0.15) is 0 Å². The van der Waals surface area contributed by atoms with Gasteiger partial charge in [0.05, 0.1) is 18.8 Å². The van der Waals surface area contributed by atoms with Gasteiger partial charge in [-0.05, 0) is 118 Å². The van der Waals surface area contributed by atoms with Crippen molar-refractivity contribution in [2.75, 3.05) is 56.4 Å². The van der Waals surface area contributed by atoms with Crippen molar-refractivity contribution in [3.8, 4) is 0 Å². The molecule has 1 saturated heterocycles. The molecule has 0 aliphatic carbocycles. The molecule has 1 aromatic carbocycles. The Labute approximate surface area is 572 Å². The van der Waals surface area contributed by atoms with E-state index in [2.05, 4.69) is 21.3 Å². The van der Waals surface area contributed by atoms with E-state index in [9.17, 15) is 29.1 Å². The Morgan fingerprint density at radius 2 is 0.885 bits per heavy atom. The van der Waals surface area contributed by atoms with Gasteiger partial charge in [0, 0.05) is 55.8 Å². The number of allylic oxidation sites excluding steroid dienone is 2. The van der Waals surface area contributed by atoms with Crippen LogP contribution in [-0.2, 0) is 63.9 Å². The van der Waals surface area contributed by atoms with Crippen LogP contribution in [0.2, 0.25) is 0 Å². The Morgan fingerprint density at radius 3 is 1.33 bits per heavy atom. The number of nitrogens with one attached hydrogen (secondary N) is 4. The van der Waals surface area contributed by atoms with Crippen LogP contribution >= 0.6 is 0 Å². The quantitative estimate of drug-likeness (QED) is 0.0987. The average Bonchev–Trinajstić information content (AvgIpc) is 0.805. The second kappa shape index (κ2) is 38.5. The summed E-state index contributed by atoms with van der Waals surface area (Å²) in [4.78, 5) is 186. The third-order valence-corrected chi connectivity index (χ3v) is 18.2. The van der Waals surface area contributed by atoms with Gasteiger partial charge in [-0.3, -0.25) is 52.7 Å². The maximum atomic E-state index is 15.5. The number of esters is 1. The number of methoxy groups -OCH3 is 1. The van der Waals surface area contributed by atoms with Crippen LogP contribution in [0.1, 0.15) is 172 Å². The summed E-state index contributed by atoms with van der Waals surface area (Å²) >= 11 is 0. The van der Waals surface area contributed by atoms with Crippen molar-refractivity contribution in [2.45, 2.75) is 235 Å². The highest BCUT2D eigenvalue weighted by Gasteiger charge is 2.46. The van der Waals surface area contributed by atoms with Crippen LogP contribution in [0.4, 0.5) is 0 Å². The molecule has 0 saturated carbocycles. The highest BCUT2D eigenvalue weighted by molar-refractivity contribution is 6.00.